The van der Waals surface area contributed by atoms with Crippen molar-refractivity contribution >= 4 is 36.9 Å². The molecule has 0 amide bonds. The molecule has 0 spiro atoms. The summed E-state index contributed by atoms with van der Waals surface area (Å²) in [6.45, 7) is 0. The smallest absolute Gasteiger partial charge is 0.300 e. The SMILES string of the molecule is CNS(=O)(=O)Nc1nc2ccc(OC)cc2s1. The van der Waals surface area contributed by atoms with Gasteiger partial charge in [0.2, 0.25) is 0 Å². The van der Waals surface area contributed by atoms with Crippen LogP contribution in [0.5, 0.6) is 5.75 Å². The minimum absolute atomic E-state index is 0.322. The van der Waals surface area contributed by atoms with Crippen molar-refractivity contribution in [2.45, 2.75) is 0 Å². The fourth-order valence-electron chi connectivity index (χ4n) is 1.24. The monoisotopic (exact) mass is 273 g/mol. The van der Waals surface area contributed by atoms with Crippen molar-refractivity contribution in [3.05, 3.63) is 18.2 Å². The highest BCUT2D eigenvalue weighted by Gasteiger charge is 2.11. The molecule has 2 N–H and O–H groups in total. The number of ether oxygens (including phenoxy) is 1. The predicted octanol–water partition coefficient (Wildman–Crippen LogP) is 1.18. The van der Waals surface area contributed by atoms with Gasteiger partial charge in [-0.2, -0.15) is 8.42 Å². The first-order valence-electron chi connectivity index (χ1n) is 4.70. The molecule has 1 aromatic heterocycles. The Bertz CT molecular complexity index is 636. The second-order valence-corrected chi connectivity index (χ2v) is 5.81. The Labute approximate surface area is 103 Å². The van der Waals surface area contributed by atoms with Gasteiger partial charge in [0.25, 0.3) is 0 Å². The van der Waals surface area contributed by atoms with Crippen molar-refractivity contribution < 1.29 is 13.2 Å². The molecule has 0 radical (unpaired) electrons. The molecule has 0 unspecified atom stereocenters. The Morgan fingerprint density at radius 1 is 1.41 bits per heavy atom. The minimum atomic E-state index is -3.52. The van der Waals surface area contributed by atoms with E-state index in [0.29, 0.717) is 10.9 Å². The molecule has 92 valence electrons. The molecule has 2 aromatic rings. The zero-order valence-corrected chi connectivity index (χ0v) is 10.9. The van der Waals surface area contributed by atoms with Crippen molar-refractivity contribution in [3.63, 3.8) is 0 Å². The predicted molar refractivity (Wildman–Crippen MR) is 67.8 cm³/mol. The molecular weight excluding hydrogens is 262 g/mol. The van der Waals surface area contributed by atoms with E-state index in [1.54, 1.807) is 19.2 Å². The number of hydrogen-bond donors (Lipinski definition) is 2. The van der Waals surface area contributed by atoms with Crippen LogP contribution in [-0.2, 0) is 10.2 Å². The number of nitrogens with zero attached hydrogens (tertiary/aromatic N) is 1. The molecule has 1 aromatic carbocycles. The summed E-state index contributed by atoms with van der Waals surface area (Å²) >= 11 is 1.25. The van der Waals surface area contributed by atoms with E-state index in [1.807, 2.05) is 6.07 Å². The largest absolute Gasteiger partial charge is 0.497 e. The number of nitrogens with one attached hydrogen (secondary N) is 2. The Kier molecular flexibility index (Phi) is 3.18. The van der Waals surface area contributed by atoms with Gasteiger partial charge < -0.3 is 4.74 Å². The Hall–Kier alpha value is -1.38. The molecule has 1 heterocycles. The second-order valence-electron chi connectivity index (χ2n) is 3.16. The maximum absolute atomic E-state index is 11.3. The van der Waals surface area contributed by atoms with Crippen LogP contribution in [0, 0.1) is 0 Å². The number of anilines is 1. The van der Waals surface area contributed by atoms with E-state index in [0.717, 1.165) is 10.2 Å². The summed E-state index contributed by atoms with van der Waals surface area (Å²) < 4.78 is 33.0. The number of hydrogen-bond acceptors (Lipinski definition) is 5. The topological polar surface area (TPSA) is 80.3 Å². The van der Waals surface area contributed by atoms with E-state index in [-0.39, 0.29) is 0 Å². The van der Waals surface area contributed by atoms with Crippen LogP contribution in [0.25, 0.3) is 10.2 Å². The van der Waals surface area contributed by atoms with Crippen LogP contribution in [0.3, 0.4) is 0 Å². The Balaban J connectivity index is 2.38. The summed E-state index contributed by atoms with van der Waals surface area (Å²) in [4.78, 5) is 4.15. The van der Waals surface area contributed by atoms with E-state index in [1.165, 1.54) is 18.4 Å². The van der Waals surface area contributed by atoms with E-state index < -0.39 is 10.2 Å². The van der Waals surface area contributed by atoms with Crippen molar-refractivity contribution in [1.29, 1.82) is 0 Å². The molecule has 0 saturated heterocycles. The van der Waals surface area contributed by atoms with Crippen molar-refractivity contribution in [2.75, 3.05) is 18.9 Å². The van der Waals surface area contributed by atoms with Gasteiger partial charge in [0.15, 0.2) is 5.13 Å². The molecule has 0 fully saturated rings. The second kappa shape index (κ2) is 4.47. The zero-order valence-electron chi connectivity index (χ0n) is 9.22. The van der Waals surface area contributed by atoms with E-state index in [2.05, 4.69) is 14.4 Å². The minimum Gasteiger partial charge on any atom is -0.497 e. The molecule has 8 heteroatoms. The molecule has 0 saturated carbocycles. The lowest BCUT2D eigenvalue weighted by Gasteiger charge is -2.00. The van der Waals surface area contributed by atoms with Gasteiger partial charge in [0, 0.05) is 7.05 Å². The average molecular weight is 273 g/mol. The average Bonchev–Trinajstić information content (AvgIpc) is 2.68. The van der Waals surface area contributed by atoms with Crippen LogP contribution < -0.4 is 14.2 Å². The van der Waals surface area contributed by atoms with Crippen LogP contribution in [0.15, 0.2) is 18.2 Å². The van der Waals surface area contributed by atoms with Gasteiger partial charge >= 0.3 is 10.2 Å². The number of rotatable bonds is 4. The third kappa shape index (κ3) is 2.65. The third-order valence-electron chi connectivity index (χ3n) is 2.09. The fourth-order valence-corrected chi connectivity index (χ4v) is 2.86. The third-order valence-corrected chi connectivity index (χ3v) is 4.15. The lowest BCUT2D eigenvalue weighted by molar-refractivity contribution is 0.415. The van der Waals surface area contributed by atoms with Gasteiger partial charge in [-0.25, -0.2) is 14.4 Å². The maximum Gasteiger partial charge on any atom is 0.300 e. The van der Waals surface area contributed by atoms with Crippen LogP contribution >= 0.6 is 11.3 Å². The van der Waals surface area contributed by atoms with Gasteiger partial charge in [-0.1, -0.05) is 11.3 Å². The number of methoxy groups -OCH3 is 1. The molecule has 0 aliphatic heterocycles. The fraction of sp³-hybridized carbons (Fsp3) is 0.222. The summed E-state index contributed by atoms with van der Waals surface area (Å²) in [7, 11) is -0.611. The highest BCUT2D eigenvalue weighted by Crippen LogP contribution is 2.29. The van der Waals surface area contributed by atoms with Gasteiger partial charge in [-0.3, -0.25) is 0 Å². The summed E-state index contributed by atoms with van der Waals surface area (Å²) in [5, 5.41) is 0.322. The van der Waals surface area contributed by atoms with Crippen LogP contribution in [0.1, 0.15) is 0 Å². The van der Waals surface area contributed by atoms with Gasteiger partial charge in [-0.05, 0) is 18.2 Å². The molecule has 0 aliphatic carbocycles. The standard InChI is InChI=1S/C9H11N3O3S2/c1-10-17(13,14)12-9-11-7-4-3-6(15-2)5-8(7)16-9/h3-5,10H,1-2H3,(H,11,12). The maximum atomic E-state index is 11.3. The van der Waals surface area contributed by atoms with E-state index in [4.69, 9.17) is 4.74 Å². The van der Waals surface area contributed by atoms with Crippen molar-refractivity contribution in [1.82, 2.24) is 9.71 Å². The molecular formula is C9H11N3O3S2. The number of aromatic nitrogens is 1. The van der Waals surface area contributed by atoms with Crippen LogP contribution in [-0.4, -0.2) is 27.6 Å². The summed E-state index contributed by atoms with van der Waals surface area (Å²) in [5.41, 5.74) is 0.726. The van der Waals surface area contributed by atoms with Crippen molar-refractivity contribution in [3.8, 4) is 5.75 Å². The highest BCUT2D eigenvalue weighted by atomic mass is 32.2. The Morgan fingerprint density at radius 3 is 2.82 bits per heavy atom. The number of benzene rings is 1. The number of thiazole rings is 1. The van der Waals surface area contributed by atoms with E-state index in [9.17, 15) is 8.42 Å². The normalized spacial score (nSPS) is 11.6. The summed E-state index contributed by atoms with van der Waals surface area (Å²) in [5.74, 6) is 0.712. The van der Waals surface area contributed by atoms with Gasteiger partial charge in [0.05, 0.1) is 17.3 Å². The van der Waals surface area contributed by atoms with Crippen molar-refractivity contribution in [2.24, 2.45) is 0 Å². The molecule has 2 rings (SSSR count). The first-order chi connectivity index (χ1) is 8.04. The van der Waals surface area contributed by atoms with E-state index >= 15 is 0 Å². The molecule has 0 atom stereocenters. The Morgan fingerprint density at radius 2 is 2.18 bits per heavy atom. The molecule has 0 bridgehead atoms. The lowest BCUT2D eigenvalue weighted by Crippen LogP contribution is -2.26. The van der Waals surface area contributed by atoms with Crippen LogP contribution in [0.2, 0.25) is 0 Å². The first-order valence-corrected chi connectivity index (χ1v) is 7.00. The molecule has 6 nitrogen and oxygen atoms in total. The molecule has 0 aliphatic rings. The van der Waals surface area contributed by atoms with Crippen LogP contribution in [0.4, 0.5) is 5.13 Å². The van der Waals surface area contributed by atoms with Gasteiger partial charge in [-0.15, -0.1) is 0 Å². The molecule has 17 heavy (non-hydrogen) atoms. The quantitative estimate of drug-likeness (QED) is 0.876. The summed E-state index contributed by atoms with van der Waals surface area (Å²) in [6, 6.07) is 5.37. The van der Waals surface area contributed by atoms with Gasteiger partial charge in [0.1, 0.15) is 5.75 Å². The highest BCUT2D eigenvalue weighted by molar-refractivity contribution is 7.91. The number of fused-ring (bicyclic) bond motifs is 1. The first kappa shape index (κ1) is 12.1. The zero-order chi connectivity index (χ0) is 12.5. The summed E-state index contributed by atoms with van der Waals surface area (Å²) in [6.07, 6.45) is 0. The lowest BCUT2D eigenvalue weighted by atomic mass is 10.3.